The van der Waals surface area contributed by atoms with Crippen LogP contribution in [0, 0.1) is 5.82 Å². The molecule has 2 N–H and O–H groups in total. The molecule has 3 nitrogen and oxygen atoms in total. The molecule has 0 aliphatic heterocycles. The van der Waals surface area contributed by atoms with Crippen LogP contribution in [0.4, 0.5) is 10.1 Å². The Morgan fingerprint density at radius 1 is 1.13 bits per heavy atom. The van der Waals surface area contributed by atoms with Crippen LogP contribution >= 0.6 is 35.4 Å². The zero-order chi connectivity index (χ0) is 16.8. The van der Waals surface area contributed by atoms with Crippen molar-refractivity contribution in [3.05, 3.63) is 70.0 Å². The number of amides is 1. The van der Waals surface area contributed by atoms with E-state index in [0.717, 1.165) is 0 Å². The lowest BCUT2D eigenvalue weighted by Gasteiger charge is -2.10. The lowest BCUT2D eigenvalue weighted by atomic mass is 10.2. The first-order chi connectivity index (χ1) is 11.0. The van der Waals surface area contributed by atoms with E-state index < -0.39 is 5.91 Å². The maximum Gasteiger partial charge on any atom is 0.250 e. The Balaban J connectivity index is 1.93. The van der Waals surface area contributed by atoms with Gasteiger partial charge in [-0.15, -0.1) is 0 Å². The van der Waals surface area contributed by atoms with E-state index >= 15 is 0 Å². The summed E-state index contributed by atoms with van der Waals surface area (Å²) in [4.78, 5) is 11.8. The van der Waals surface area contributed by atoms with E-state index in [0.29, 0.717) is 21.3 Å². The summed E-state index contributed by atoms with van der Waals surface area (Å²) in [6.07, 6.45) is 2.84. The first kappa shape index (κ1) is 17.4. The molecule has 0 spiro atoms. The number of halogens is 3. The van der Waals surface area contributed by atoms with Crippen LogP contribution < -0.4 is 10.6 Å². The van der Waals surface area contributed by atoms with Crippen molar-refractivity contribution in [3.63, 3.8) is 0 Å². The monoisotopic (exact) mass is 368 g/mol. The fourth-order valence-corrected chi connectivity index (χ4v) is 2.21. The molecule has 0 unspecified atom stereocenters. The predicted molar refractivity (Wildman–Crippen MR) is 96.3 cm³/mol. The van der Waals surface area contributed by atoms with Crippen molar-refractivity contribution >= 4 is 58.2 Å². The molecular weight excluding hydrogens is 358 g/mol. The topological polar surface area (TPSA) is 41.1 Å². The quantitative estimate of drug-likeness (QED) is 0.611. The Morgan fingerprint density at radius 3 is 2.52 bits per heavy atom. The average molecular weight is 369 g/mol. The molecule has 7 heteroatoms. The zero-order valence-electron chi connectivity index (χ0n) is 11.6. The number of thiocarbonyl (C=S) groups is 1. The van der Waals surface area contributed by atoms with Gasteiger partial charge in [0.2, 0.25) is 5.91 Å². The molecule has 118 valence electrons. The van der Waals surface area contributed by atoms with E-state index in [1.165, 1.54) is 18.2 Å². The van der Waals surface area contributed by atoms with Crippen LogP contribution in [-0.2, 0) is 4.79 Å². The van der Waals surface area contributed by atoms with Gasteiger partial charge in [0, 0.05) is 6.08 Å². The van der Waals surface area contributed by atoms with E-state index in [4.69, 9.17) is 35.4 Å². The summed E-state index contributed by atoms with van der Waals surface area (Å²) in [7, 11) is 0. The minimum atomic E-state index is -0.426. The SMILES string of the molecule is O=C(/C=C/c1ccc(F)cc1)NC(=S)Nc1cccc(Cl)c1Cl. The molecular formula is C16H11Cl2FN2OS. The molecule has 0 aromatic heterocycles. The van der Waals surface area contributed by atoms with Gasteiger partial charge in [0.25, 0.3) is 0 Å². The molecule has 0 atom stereocenters. The Kier molecular flexibility index (Phi) is 6.10. The average Bonchev–Trinajstić information content (AvgIpc) is 2.51. The van der Waals surface area contributed by atoms with Gasteiger partial charge in [-0.2, -0.15) is 0 Å². The van der Waals surface area contributed by atoms with Crippen LogP contribution in [0.3, 0.4) is 0 Å². The van der Waals surface area contributed by atoms with Gasteiger partial charge in [0.05, 0.1) is 15.7 Å². The van der Waals surface area contributed by atoms with E-state index in [9.17, 15) is 9.18 Å². The molecule has 0 saturated heterocycles. The first-order valence-electron chi connectivity index (χ1n) is 6.45. The highest BCUT2D eigenvalue weighted by molar-refractivity contribution is 7.80. The number of hydrogen-bond donors (Lipinski definition) is 2. The molecule has 0 radical (unpaired) electrons. The Hall–Kier alpha value is -1.95. The summed E-state index contributed by atoms with van der Waals surface area (Å²) in [5, 5.41) is 6.04. The van der Waals surface area contributed by atoms with Crippen molar-refractivity contribution in [2.24, 2.45) is 0 Å². The maximum absolute atomic E-state index is 12.8. The summed E-state index contributed by atoms with van der Waals surface area (Å²) in [5.74, 6) is -0.764. The summed E-state index contributed by atoms with van der Waals surface area (Å²) >= 11 is 16.9. The molecule has 1 amide bonds. The maximum atomic E-state index is 12.8. The number of benzene rings is 2. The highest BCUT2D eigenvalue weighted by Crippen LogP contribution is 2.29. The van der Waals surface area contributed by atoms with Crippen molar-refractivity contribution < 1.29 is 9.18 Å². The second-order valence-corrected chi connectivity index (χ2v) is 5.62. The van der Waals surface area contributed by atoms with Gasteiger partial charge >= 0.3 is 0 Å². The van der Waals surface area contributed by atoms with Crippen molar-refractivity contribution in [2.45, 2.75) is 0 Å². The molecule has 0 fully saturated rings. The molecule has 0 aliphatic rings. The molecule has 0 saturated carbocycles. The van der Waals surface area contributed by atoms with Gasteiger partial charge < -0.3 is 5.32 Å². The van der Waals surface area contributed by atoms with Gasteiger partial charge in [-0.25, -0.2) is 4.39 Å². The van der Waals surface area contributed by atoms with Crippen molar-refractivity contribution in [1.82, 2.24) is 5.32 Å². The van der Waals surface area contributed by atoms with Crippen LogP contribution in [0.25, 0.3) is 6.08 Å². The van der Waals surface area contributed by atoms with Gasteiger partial charge in [0.1, 0.15) is 5.82 Å². The smallest absolute Gasteiger partial charge is 0.250 e. The highest BCUT2D eigenvalue weighted by Gasteiger charge is 2.07. The van der Waals surface area contributed by atoms with E-state index in [-0.39, 0.29) is 10.9 Å². The molecule has 2 aromatic rings. The summed E-state index contributed by atoms with van der Waals surface area (Å²) < 4.78 is 12.8. The van der Waals surface area contributed by atoms with Crippen LogP contribution in [-0.4, -0.2) is 11.0 Å². The van der Waals surface area contributed by atoms with Crippen LogP contribution in [0.15, 0.2) is 48.5 Å². The molecule has 23 heavy (non-hydrogen) atoms. The van der Waals surface area contributed by atoms with Gasteiger partial charge in [-0.3, -0.25) is 10.1 Å². The molecule has 2 aromatic carbocycles. The van der Waals surface area contributed by atoms with Crippen LogP contribution in [0.2, 0.25) is 10.0 Å². The third-order valence-corrected chi connectivity index (χ3v) is 3.76. The number of rotatable bonds is 3. The van der Waals surface area contributed by atoms with Gasteiger partial charge in [0.15, 0.2) is 5.11 Å². The van der Waals surface area contributed by atoms with E-state index in [2.05, 4.69) is 10.6 Å². The van der Waals surface area contributed by atoms with Gasteiger partial charge in [-0.1, -0.05) is 41.4 Å². The Labute approximate surface area is 148 Å². The third kappa shape index (κ3) is 5.32. The zero-order valence-corrected chi connectivity index (χ0v) is 14.0. The molecule has 0 aliphatic carbocycles. The highest BCUT2D eigenvalue weighted by atomic mass is 35.5. The predicted octanol–water partition coefficient (Wildman–Crippen LogP) is 4.66. The molecule has 0 heterocycles. The number of carbonyl (C=O) groups is 1. The van der Waals surface area contributed by atoms with E-state index in [1.807, 2.05) is 0 Å². The lowest BCUT2D eigenvalue weighted by molar-refractivity contribution is -0.115. The third-order valence-electron chi connectivity index (χ3n) is 2.73. The summed E-state index contributed by atoms with van der Waals surface area (Å²) in [6.45, 7) is 0. The largest absolute Gasteiger partial charge is 0.331 e. The number of carbonyl (C=O) groups excluding carboxylic acids is 1. The Bertz CT molecular complexity index is 763. The fourth-order valence-electron chi connectivity index (χ4n) is 1.65. The second kappa shape index (κ2) is 8.06. The number of nitrogens with one attached hydrogen (secondary N) is 2. The second-order valence-electron chi connectivity index (χ2n) is 4.43. The minimum Gasteiger partial charge on any atom is -0.331 e. The fraction of sp³-hybridized carbons (Fsp3) is 0. The summed E-state index contributed by atoms with van der Waals surface area (Å²) in [5.41, 5.74) is 1.19. The Morgan fingerprint density at radius 2 is 1.83 bits per heavy atom. The molecule has 0 bridgehead atoms. The lowest BCUT2D eigenvalue weighted by Crippen LogP contribution is -2.32. The summed E-state index contributed by atoms with van der Waals surface area (Å²) in [6, 6.07) is 10.8. The normalized spacial score (nSPS) is 10.6. The standard InChI is InChI=1S/C16H11Cl2FN2OS/c17-12-2-1-3-13(15(12)18)20-16(23)21-14(22)9-6-10-4-7-11(19)8-5-10/h1-9H,(H2,20,21,22,23)/b9-6+. The van der Waals surface area contributed by atoms with Crippen molar-refractivity contribution in [3.8, 4) is 0 Å². The van der Waals surface area contributed by atoms with Crippen molar-refractivity contribution in [2.75, 3.05) is 5.32 Å². The van der Waals surface area contributed by atoms with Crippen molar-refractivity contribution in [1.29, 1.82) is 0 Å². The molecule has 2 rings (SSSR count). The number of anilines is 1. The van der Waals surface area contributed by atoms with Crippen LogP contribution in [0.5, 0.6) is 0 Å². The van der Waals surface area contributed by atoms with E-state index in [1.54, 1.807) is 36.4 Å². The number of hydrogen-bond acceptors (Lipinski definition) is 2. The van der Waals surface area contributed by atoms with Crippen LogP contribution in [0.1, 0.15) is 5.56 Å². The minimum absolute atomic E-state index is 0.0860. The van der Waals surface area contributed by atoms with Gasteiger partial charge in [-0.05, 0) is 48.1 Å². The first-order valence-corrected chi connectivity index (χ1v) is 7.62.